The maximum atomic E-state index is 13.3. The molecule has 7 nitrogen and oxygen atoms in total. The van der Waals surface area contributed by atoms with Crippen LogP contribution in [0.5, 0.6) is 0 Å². The number of nitrogens with zero attached hydrogens (tertiary/aromatic N) is 5. The largest absolute Gasteiger partial charge is 0.346 e. The molecule has 0 radical (unpaired) electrons. The van der Waals surface area contributed by atoms with Gasteiger partial charge in [-0.1, -0.05) is 17.8 Å². The molecule has 4 aliphatic rings. The number of hydrogen-bond donors (Lipinski definition) is 0. The Labute approximate surface area is 173 Å². The highest BCUT2D eigenvalue weighted by atomic mass is 32.1. The van der Waals surface area contributed by atoms with Crippen LogP contribution in [-0.2, 0) is 6.54 Å². The number of aromatic nitrogens is 3. The number of pyridine rings is 1. The van der Waals surface area contributed by atoms with Crippen LogP contribution in [0.3, 0.4) is 0 Å². The summed E-state index contributed by atoms with van der Waals surface area (Å²) in [5.41, 5.74) is 3.09. The first kappa shape index (κ1) is 17.6. The standard InChI is InChI=1S/C21H25N5O2S/c27-19(24-9-14-2-1-3-15(14)10-24)17-4-5-18-16-6-13(8-26(18)20(17)28)7-25(11-16)21-23-22-12-29-21/h4-5,12-16H,1-3,6-11H2/t13-,14-,15+,16+/m0/s1. The van der Waals surface area contributed by atoms with Gasteiger partial charge in [-0.25, -0.2) is 0 Å². The Morgan fingerprint density at radius 3 is 2.66 bits per heavy atom. The molecule has 2 aromatic rings. The van der Waals surface area contributed by atoms with Crippen LogP contribution in [0.2, 0.25) is 0 Å². The highest BCUT2D eigenvalue weighted by molar-refractivity contribution is 7.13. The van der Waals surface area contributed by atoms with Crippen LogP contribution in [0.1, 0.15) is 47.7 Å². The third-order valence-corrected chi connectivity index (χ3v) is 8.22. The second-order valence-electron chi connectivity index (χ2n) is 9.17. The molecular formula is C21H25N5O2S. The minimum Gasteiger partial charge on any atom is -0.346 e. The van der Waals surface area contributed by atoms with Crippen molar-refractivity contribution >= 4 is 22.4 Å². The number of amides is 1. The van der Waals surface area contributed by atoms with Crippen molar-refractivity contribution in [2.75, 3.05) is 31.1 Å². The summed E-state index contributed by atoms with van der Waals surface area (Å²) in [7, 11) is 0. The van der Waals surface area contributed by atoms with Crippen molar-refractivity contribution in [3.63, 3.8) is 0 Å². The van der Waals surface area contributed by atoms with Crippen molar-refractivity contribution in [1.82, 2.24) is 19.7 Å². The van der Waals surface area contributed by atoms with Crippen LogP contribution in [0.4, 0.5) is 5.13 Å². The number of rotatable bonds is 2. The van der Waals surface area contributed by atoms with Crippen molar-refractivity contribution in [2.45, 2.75) is 38.1 Å². The summed E-state index contributed by atoms with van der Waals surface area (Å²) in [5, 5.41) is 9.15. The molecule has 1 saturated carbocycles. The molecule has 0 unspecified atom stereocenters. The minimum absolute atomic E-state index is 0.0640. The van der Waals surface area contributed by atoms with Crippen molar-refractivity contribution in [2.24, 2.45) is 17.8 Å². The number of anilines is 1. The number of carbonyl (C=O) groups excluding carboxylic acids is 1. The van der Waals surface area contributed by atoms with Crippen LogP contribution in [0, 0.1) is 17.8 Å². The molecule has 3 aliphatic heterocycles. The summed E-state index contributed by atoms with van der Waals surface area (Å²) in [6.07, 6.45) is 4.84. The molecule has 2 bridgehead atoms. The van der Waals surface area contributed by atoms with Crippen LogP contribution in [0.15, 0.2) is 22.4 Å². The first-order valence-corrected chi connectivity index (χ1v) is 11.6. The van der Waals surface area contributed by atoms with E-state index in [0.29, 0.717) is 35.8 Å². The zero-order valence-electron chi connectivity index (χ0n) is 16.4. The molecule has 3 fully saturated rings. The lowest BCUT2D eigenvalue weighted by Crippen LogP contribution is -2.48. The Morgan fingerprint density at radius 1 is 1.07 bits per heavy atom. The van der Waals surface area contributed by atoms with Crippen LogP contribution in [0.25, 0.3) is 0 Å². The van der Waals surface area contributed by atoms with E-state index in [0.717, 1.165) is 43.4 Å². The third kappa shape index (κ3) is 2.83. The fourth-order valence-corrected chi connectivity index (χ4v) is 6.72. The number of fused-ring (bicyclic) bond motifs is 5. The highest BCUT2D eigenvalue weighted by Gasteiger charge is 2.40. The second kappa shape index (κ2) is 6.65. The predicted octanol–water partition coefficient (Wildman–Crippen LogP) is 2.20. The lowest BCUT2D eigenvalue weighted by atomic mass is 9.83. The molecular weight excluding hydrogens is 386 g/mol. The van der Waals surface area contributed by atoms with E-state index in [1.807, 2.05) is 15.5 Å². The van der Waals surface area contributed by atoms with Gasteiger partial charge in [-0.2, -0.15) is 0 Å². The summed E-state index contributed by atoms with van der Waals surface area (Å²) < 4.78 is 1.89. The fraction of sp³-hybridized carbons (Fsp3) is 0.619. The van der Waals surface area contributed by atoms with Crippen LogP contribution in [-0.4, -0.2) is 51.8 Å². The summed E-state index contributed by atoms with van der Waals surface area (Å²) in [6.45, 7) is 4.09. The summed E-state index contributed by atoms with van der Waals surface area (Å²) >= 11 is 1.56. The summed E-state index contributed by atoms with van der Waals surface area (Å²) in [4.78, 5) is 30.6. The van der Waals surface area contributed by atoms with Gasteiger partial charge in [0.2, 0.25) is 5.13 Å². The van der Waals surface area contributed by atoms with E-state index in [1.54, 1.807) is 22.9 Å². The van der Waals surface area contributed by atoms with Gasteiger partial charge in [0.1, 0.15) is 11.1 Å². The molecule has 5 heterocycles. The third-order valence-electron chi connectivity index (χ3n) is 7.47. The molecule has 6 rings (SSSR count). The quantitative estimate of drug-likeness (QED) is 0.758. The fourth-order valence-electron chi connectivity index (χ4n) is 6.14. The van der Waals surface area contributed by atoms with E-state index in [2.05, 4.69) is 15.1 Å². The van der Waals surface area contributed by atoms with Crippen molar-refractivity contribution in [1.29, 1.82) is 0 Å². The van der Waals surface area contributed by atoms with E-state index >= 15 is 0 Å². The zero-order chi connectivity index (χ0) is 19.5. The van der Waals surface area contributed by atoms with E-state index in [9.17, 15) is 9.59 Å². The van der Waals surface area contributed by atoms with Gasteiger partial charge in [0, 0.05) is 44.3 Å². The molecule has 2 aromatic heterocycles. The number of likely N-dealkylation sites (tertiary alicyclic amines) is 1. The molecule has 0 N–H and O–H groups in total. The normalized spacial score (nSPS) is 30.3. The van der Waals surface area contributed by atoms with Gasteiger partial charge >= 0.3 is 0 Å². The maximum Gasteiger partial charge on any atom is 0.263 e. The van der Waals surface area contributed by atoms with Crippen LogP contribution < -0.4 is 10.5 Å². The number of piperidine rings is 1. The van der Waals surface area contributed by atoms with Gasteiger partial charge in [-0.3, -0.25) is 9.59 Å². The summed E-state index contributed by atoms with van der Waals surface area (Å²) in [6, 6.07) is 3.81. The lowest BCUT2D eigenvalue weighted by molar-refractivity contribution is 0.0777. The SMILES string of the molecule is O=C(c1ccc2n(c1=O)C[C@H]1C[C@@H]2CN(c2nncs2)C1)N1C[C@H]2CCC[C@H]2C1. The van der Waals surface area contributed by atoms with E-state index in [4.69, 9.17) is 0 Å². The van der Waals surface area contributed by atoms with Crippen molar-refractivity contribution in [3.8, 4) is 0 Å². The van der Waals surface area contributed by atoms with E-state index in [-0.39, 0.29) is 11.5 Å². The Bertz CT molecular complexity index is 991. The van der Waals surface area contributed by atoms with Gasteiger partial charge < -0.3 is 14.4 Å². The first-order chi connectivity index (χ1) is 14.2. The monoisotopic (exact) mass is 411 g/mol. The maximum absolute atomic E-state index is 13.3. The molecule has 4 atom stereocenters. The van der Waals surface area contributed by atoms with Crippen molar-refractivity contribution < 1.29 is 4.79 Å². The predicted molar refractivity (Wildman–Crippen MR) is 110 cm³/mol. The first-order valence-electron chi connectivity index (χ1n) is 10.7. The molecule has 152 valence electrons. The average molecular weight is 412 g/mol. The van der Waals surface area contributed by atoms with Crippen LogP contribution >= 0.6 is 11.3 Å². The molecule has 8 heteroatoms. The average Bonchev–Trinajstić information content (AvgIpc) is 3.45. The topological polar surface area (TPSA) is 71.3 Å². The van der Waals surface area contributed by atoms with E-state index < -0.39 is 0 Å². The molecule has 2 saturated heterocycles. The second-order valence-corrected chi connectivity index (χ2v) is 9.99. The molecule has 0 spiro atoms. The van der Waals surface area contributed by atoms with Gasteiger partial charge in [0.25, 0.3) is 11.5 Å². The number of hydrogen-bond acceptors (Lipinski definition) is 6. The minimum atomic E-state index is -0.0939. The Hall–Kier alpha value is -2.22. The zero-order valence-corrected chi connectivity index (χ0v) is 17.2. The van der Waals surface area contributed by atoms with E-state index in [1.165, 1.54) is 19.3 Å². The molecule has 29 heavy (non-hydrogen) atoms. The number of carbonyl (C=O) groups is 1. The van der Waals surface area contributed by atoms with Gasteiger partial charge in [-0.05, 0) is 49.1 Å². The molecule has 0 aromatic carbocycles. The Kier molecular flexibility index (Phi) is 4.04. The Morgan fingerprint density at radius 2 is 1.90 bits per heavy atom. The summed E-state index contributed by atoms with van der Waals surface area (Å²) in [5.74, 6) is 1.93. The lowest BCUT2D eigenvalue weighted by Gasteiger charge is -2.42. The molecule has 1 aliphatic carbocycles. The van der Waals surface area contributed by atoms with Gasteiger partial charge in [0.15, 0.2) is 0 Å². The smallest absolute Gasteiger partial charge is 0.263 e. The highest BCUT2D eigenvalue weighted by Crippen LogP contribution is 2.39. The Balaban J connectivity index is 1.28. The van der Waals surface area contributed by atoms with Gasteiger partial charge in [-0.15, -0.1) is 10.2 Å². The van der Waals surface area contributed by atoms with Gasteiger partial charge in [0.05, 0.1) is 0 Å². The van der Waals surface area contributed by atoms with Crippen molar-refractivity contribution in [3.05, 3.63) is 39.3 Å². The molecule has 1 amide bonds.